The second kappa shape index (κ2) is 6.31. The lowest BCUT2D eigenvalue weighted by molar-refractivity contribution is -0.137. The van der Waals surface area contributed by atoms with Gasteiger partial charge in [-0.3, -0.25) is 0 Å². The molecular weight excluding hydrogens is 339 g/mol. The highest BCUT2D eigenvalue weighted by atomic mass is 35.5. The molecule has 0 aliphatic carbocycles. The molecule has 0 saturated heterocycles. The molecule has 0 spiro atoms. The Morgan fingerprint density at radius 2 is 2.00 bits per heavy atom. The zero-order chi connectivity index (χ0) is 17.5. The van der Waals surface area contributed by atoms with Crippen LogP contribution in [0.5, 0.6) is 0 Å². The van der Waals surface area contributed by atoms with Gasteiger partial charge >= 0.3 is 6.18 Å². The average molecular weight is 358 g/mol. The fourth-order valence-corrected chi connectivity index (χ4v) is 3.26. The summed E-state index contributed by atoms with van der Waals surface area (Å²) in [4.78, 5) is 0. The minimum Gasteiger partial charge on any atom is -0.370 e. The van der Waals surface area contributed by atoms with Crippen LogP contribution in [-0.2, 0) is 12.6 Å². The van der Waals surface area contributed by atoms with Crippen LogP contribution >= 0.6 is 11.6 Å². The lowest BCUT2D eigenvalue weighted by atomic mass is 10.0. The van der Waals surface area contributed by atoms with Gasteiger partial charge in [0, 0.05) is 17.1 Å². The van der Waals surface area contributed by atoms with Crippen LogP contribution in [0.15, 0.2) is 18.2 Å². The monoisotopic (exact) mass is 357 g/mol. The summed E-state index contributed by atoms with van der Waals surface area (Å²) in [5.41, 5.74) is 1.10. The number of nitrogens with zero attached hydrogens (tertiary/aromatic N) is 2. The number of benzene rings is 1. The van der Waals surface area contributed by atoms with Gasteiger partial charge in [0.1, 0.15) is 5.82 Å². The molecule has 1 aliphatic rings. The summed E-state index contributed by atoms with van der Waals surface area (Å²) >= 11 is 5.79. The van der Waals surface area contributed by atoms with E-state index in [-0.39, 0.29) is 16.6 Å². The molecule has 0 unspecified atom stereocenters. The molecule has 1 aromatic heterocycles. The zero-order valence-electron chi connectivity index (χ0n) is 13.5. The van der Waals surface area contributed by atoms with E-state index in [1.165, 1.54) is 16.8 Å². The number of alkyl halides is 3. The molecule has 0 amide bonds. The third-order valence-electron chi connectivity index (χ3n) is 4.20. The van der Waals surface area contributed by atoms with Crippen molar-refractivity contribution in [3.8, 4) is 5.69 Å². The van der Waals surface area contributed by atoms with E-state index >= 15 is 0 Å². The van der Waals surface area contributed by atoms with Crippen molar-refractivity contribution in [2.45, 2.75) is 45.2 Å². The number of nitrogens with one attached hydrogen (secondary N) is 1. The van der Waals surface area contributed by atoms with Crippen molar-refractivity contribution in [2.24, 2.45) is 0 Å². The first-order valence-electron chi connectivity index (χ1n) is 8.02. The lowest BCUT2D eigenvalue weighted by Gasteiger charge is -2.16. The standard InChI is InChI=1S/C17H19ClF3N3/c1-10(2)15-12-5-3-4-8-22-16(12)24(23-15)14-7-6-11(18)9-13(14)17(19,20)21/h6-7,9-10,22H,3-5,8H2,1-2H3. The van der Waals surface area contributed by atoms with Gasteiger partial charge in [-0.15, -0.1) is 0 Å². The molecule has 3 rings (SSSR count). The largest absolute Gasteiger partial charge is 0.418 e. The molecule has 1 aliphatic heterocycles. The Bertz CT molecular complexity index is 750. The summed E-state index contributed by atoms with van der Waals surface area (Å²) in [5, 5.41) is 7.84. The second-order valence-corrected chi connectivity index (χ2v) is 6.76. The summed E-state index contributed by atoms with van der Waals surface area (Å²) in [6, 6.07) is 3.80. The molecule has 7 heteroatoms. The van der Waals surface area contributed by atoms with Gasteiger partial charge in [0.05, 0.1) is 16.9 Å². The molecule has 130 valence electrons. The Morgan fingerprint density at radius 1 is 1.25 bits per heavy atom. The predicted octanol–water partition coefficient (Wildman–Crippen LogP) is 5.42. The number of hydrogen-bond acceptors (Lipinski definition) is 2. The van der Waals surface area contributed by atoms with Gasteiger partial charge in [0.15, 0.2) is 0 Å². The van der Waals surface area contributed by atoms with E-state index in [0.717, 1.165) is 43.1 Å². The summed E-state index contributed by atoms with van der Waals surface area (Å²) < 4.78 is 41.8. The molecular formula is C17H19ClF3N3. The van der Waals surface area contributed by atoms with E-state index in [1.807, 2.05) is 13.8 Å². The van der Waals surface area contributed by atoms with Crippen molar-refractivity contribution in [1.82, 2.24) is 9.78 Å². The molecule has 1 N–H and O–H groups in total. The minimum absolute atomic E-state index is 0.00412. The van der Waals surface area contributed by atoms with Crippen LogP contribution in [0, 0.1) is 0 Å². The Kier molecular flexibility index (Phi) is 4.51. The van der Waals surface area contributed by atoms with Gasteiger partial charge in [0.2, 0.25) is 0 Å². The number of halogens is 4. The lowest BCUT2D eigenvalue weighted by Crippen LogP contribution is -2.14. The van der Waals surface area contributed by atoms with Crippen LogP contribution in [0.1, 0.15) is 49.4 Å². The van der Waals surface area contributed by atoms with Crippen molar-refractivity contribution in [3.05, 3.63) is 40.0 Å². The van der Waals surface area contributed by atoms with Crippen molar-refractivity contribution in [1.29, 1.82) is 0 Å². The number of hydrogen-bond donors (Lipinski definition) is 1. The van der Waals surface area contributed by atoms with Crippen LogP contribution in [0.2, 0.25) is 5.02 Å². The maximum absolute atomic E-state index is 13.5. The number of fused-ring (bicyclic) bond motifs is 1. The zero-order valence-corrected chi connectivity index (χ0v) is 14.3. The molecule has 2 heterocycles. The maximum atomic E-state index is 13.5. The third-order valence-corrected chi connectivity index (χ3v) is 4.43. The van der Waals surface area contributed by atoms with Crippen molar-refractivity contribution >= 4 is 17.4 Å². The van der Waals surface area contributed by atoms with E-state index < -0.39 is 11.7 Å². The Hall–Kier alpha value is -1.69. The van der Waals surface area contributed by atoms with Crippen molar-refractivity contribution < 1.29 is 13.2 Å². The summed E-state index contributed by atoms with van der Waals surface area (Å²) in [6.45, 7) is 4.74. The highest BCUT2D eigenvalue weighted by Crippen LogP contribution is 2.38. The van der Waals surface area contributed by atoms with Crippen molar-refractivity contribution in [2.75, 3.05) is 11.9 Å². The number of rotatable bonds is 2. The van der Waals surface area contributed by atoms with E-state index in [4.69, 9.17) is 11.6 Å². The van der Waals surface area contributed by atoms with Crippen LogP contribution < -0.4 is 5.32 Å². The molecule has 0 saturated carbocycles. The van der Waals surface area contributed by atoms with Crippen LogP contribution in [0.3, 0.4) is 0 Å². The number of anilines is 1. The Labute approximate surface area is 143 Å². The van der Waals surface area contributed by atoms with Gasteiger partial charge in [-0.05, 0) is 43.4 Å². The molecule has 1 aromatic carbocycles. The maximum Gasteiger partial charge on any atom is 0.418 e. The molecule has 0 radical (unpaired) electrons. The molecule has 24 heavy (non-hydrogen) atoms. The first kappa shape index (κ1) is 17.1. The molecule has 0 bridgehead atoms. The summed E-state index contributed by atoms with van der Waals surface area (Å²) in [7, 11) is 0. The molecule has 0 fully saturated rings. The topological polar surface area (TPSA) is 29.9 Å². The van der Waals surface area contributed by atoms with Crippen LogP contribution in [0.4, 0.5) is 19.0 Å². The molecule has 3 nitrogen and oxygen atoms in total. The minimum atomic E-state index is -4.50. The first-order chi connectivity index (χ1) is 11.3. The second-order valence-electron chi connectivity index (χ2n) is 6.32. The fraction of sp³-hybridized carbons (Fsp3) is 0.471. The summed E-state index contributed by atoms with van der Waals surface area (Å²) in [5.74, 6) is 0.811. The van der Waals surface area contributed by atoms with E-state index in [0.29, 0.717) is 5.82 Å². The average Bonchev–Trinajstić information content (AvgIpc) is 2.69. The van der Waals surface area contributed by atoms with Crippen molar-refractivity contribution in [3.63, 3.8) is 0 Å². The van der Waals surface area contributed by atoms with Crippen LogP contribution in [0.25, 0.3) is 5.69 Å². The Balaban J connectivity index is 2.24. The van der Waals surface area contributed by atoms with Gasteiger partial charge < -0.3 is 5.32 Å². The quantitative estimate of drug-likeness (QED) is 0.778. The van der Waals surface area contributed by atoms with E-state index in [1.54, 1.807) is 0 Å². The van der Waals surface area contributed by atoms with E-state index in [9.17, 15) is 13.2 Å². The summed E-state index contributed by atoms with van der Waals surface area (Å²) in [6.07, 6.45) is -1.69. The SMILES string of the molecule is CC(C)c1nn(-c2ccc(Cl)cc2C(F)(F)F)c2c1CCCCN2. The highest BCUT2D eigenvalue weighted by molar-refractivity contribution is 6.30. The number of aromatic nitrogens is 2. The van der Waals surface area contributed by atoms with Gasteiger partial charge in [-0.2, -0.15) is 18.3 Å². The van der Waals surface area contributed by atoms with Gasteiger partial charge in [0.25, 0.3) is 0 Å². The highest BCUT2D eigenvalue weighted by Gasteiger charge is 2.36. The fourth-order valence-electron chi connectivity index (χ4n) is 3.09. The smallest absolute Gasteiger partial charge is 0.370 e. The Morgan fingerprint density at radius 3 is 2.67 bits per heavy atom. The third kappa shape index (κ3) is 3.11. The van der Waals surface area contributed by atoms with Crippen LogP contribution in [-0.4, -0.2) is 16.3 Å². The van der Waals surface area contributed by atoms with Gasteiger partial charge in [-0.25, -0.2) is 4.68 Å². The first-order valence-corrected chi connectivity index (χ1v) is 8.39. The molecule has 2 aromatic rings. The van der Waals surface area contributed by atoms with E-state index in [2.05, 4.69) is 10.4 Å². The predicted molar refractivity (Wildman–Crippen MR) is 89.1 cm³/mol. The normalized spacial score (nSPS) is 15.1. The van der Waals surface area contributed by atoms with Gasteiger partial charge in [-0.1, -0.05) is 25.4 Å². The molecule has 0 atom stereocenters.